The summed E-state index contributed by atoms with van der Waals surface area (Å²) in [7, 11) is 0. The van der Waals surface area contributed by atoms with Crippen LogP contribution in [0.4, 0.5) is 14.5 Å². The fraction of sp³-hybridized carbons (Fsp3) is 0.167. The van der Waals surface area contributed by atoms with Crippen molar-refractivity contribution in [1.29, 1.82) is 0 Å². The number of ether oxygens (including phenoxy) is 1. The minimum Gasteiger partial charge on any atom is -0.493 e. The zero-order chi connectivity index (χ0) is 16.7. The maximum absolute atomic E-state index is 13.5. The minimum absolute atomic E-state index is 0.199. The minimum atomic E-state index is -0.695. The summed E-state index contributed by atoms with van der Waals surface area (Å²) in [5, 5.41) is 2.30. The lowest BCUT2D eigenvalue weighted by Gasteiger charge is -2.07. The van der Waals surface area contributed by atoms with Crippen molar-refractivity contribution in [2.45, 2.75) is 13.3 Å². The molecule has 1 N–H and O–H groups in total. The third kappa shape index (κ3) is 4.92. The van der Waals surface area contributed by atoms with E-state index in [2.05, 4.69) is 5.32 Å². The van der Waals surface area contributed by atoms with Crippen LogP contribution in [0.5, 0.6) is 5.75 Å². The van der Waals surface area contributed by atoms with Gasteiger partial charge in [0.2, 0.25) is 5.91 Å². The van der Waals surface area contributed by atoms with Crippen LogP contribution in [0.1, 0.15) is 18.9 Å². The highest BCUT2D eigenvalue weighted by Crippen LogP contribution is 2.20. The molecule has 5 heteroatoms. The third-order valence-electron chi connectivity index (χ3n) is 2.98. The fourth-order valence-electron chi connectivity index (χ4n) is 1.89. The van der Waals surface area contributed by atoms with E-state index in [-0.39, 0.29) is 5.69 Å². The lowest BCUT2D eigenvalue weighted by Crippen LogP contribution is -2.09. The van der Waals surface area contributed by atoms with Crippen molar-refractivity contribution in [3.63, 3.8) is 0 Å². The van der Waals surface area contributed by atoms with Crippen LogP contribution < -0.4 is 10.1 Å². The number of rotatable bonds is 6. The van der Waals surface area contributed by atoms with E-state index in [0.717, 1.165) is 30.2 Å². The number of nitrogens with one attached hydrogen (secondary N) is 1. The number of carbonyl (C=O) groups is 1. The highest BCUT2D eigenvalue weighted by molar-refractivity contribution is 6.02. The Morgan fingerprint density at radius 3 is 2.78 bits per heavy atom. The van der Waals surface area contributed by atoms with E-state index >= 15 is 0 Å². The summed E-state index contributed by atoms with van der Waals surface area (Å²) in [4.78, 5) is 11.8. The molecule has 0 heterocycles. The van der Waals surface area contributed by atoms with Gasteiger partial charge in [-0.25, -0.2) is 8.78 Å². The summed E-state index contributed by atoms with van der Waals surface area (Å²) < 4.78 is 32.1. The van der Waals surface area contributed by atoms with Gasteiger partial charge in [0.15, 0.2) is 0 Å². The topological polar surface area (TPSA) is 38.3 Å². The van der Waals surface area contributed by atoms with Crippen molar-refractivity contribution in [1.82, 2.24) is 0 Å². The highest BCUT2D eigenvalue weighted by Gasteiger charge is 2.06. The second-order valence-corrected chi connectivity index (χ2v) is 4.83. The van der Waals surface area contributed by atoms with E-state index in [1.165, 1.54) is 6.08 Å². The maximum Gasteiger partial charge on any atom is 0.248 e. The van der Waals surface area contributed by atoms with Crippen LogP contribution in [0, 0.1) is 11.6 Å². The predicted molar refractivity (Wildman–Crippen MR) is 86.2 cm³/mol. The number of para-hydroxylation sites is 1. The van der Waals surface area contributed by atoms with Gasteiger partial charge in [0.1, 0.15) is 17.4 Å². The first kappa shape index (κ1) is 16.7. The number of hydrogen-bond donors (Lipinski definition) is 1. The monoisotopic (exact) mass is 317 g/mol. The van der Waals surface area contributed by atoms with Crippen LogP contribution in [-0.4, -0.2) is 12.5 Å². The van der Waals surface area contributed by atoms with Gasteiger partial charge in [0.05, 0.1) is 12.3 Å². The molecular formula is C18H17F2NO2. The van der Waals surface area contributed by atoms with Crippen LogP contribution in [0.15, 0.2) is 48.5 Å². The van der Waals surface area contributed by atoms with E-state index in [4.69, 9.17) is 4.74 Å². The molecule has 0 unspecified atom stereocenters. The van der Waals surface area contributed by atoms with Crippen molar-refractivity contribution in [3.8, 4) is 5.75 Å². The van der Waals surface area contributed by atoms with Gasteiger partial charge in [-0.1, -0.05) is 25.1 Å². The van der Waals surface area contributed by atoms with Crippen molar-refractivity contribution >= 4 is 17.7 Å². The van der Waals surface area contributed by atoms with E-state index in [0.29, 0.717) is 12.4 Å². The molecule has 0 saturated carbocycles. The summed E-state index contributed by atoms with van der Waals surface area (Å²) in [5.74, 6) is -1.21. The summed E-state index contributed by atoms with van der Waals surface area (Å²) in [6, 6.07) is 10.1. The Bertz CT molecular complexity index is 714. The molecule has 0 radical (unpaired) electrons. The van der Waals surface area contributed by atoms with Gasteiger partial charge in [-0.05, 0) is 30.7 Å². The van der Waals surface area contributed by atoms with E-state index < -0.39 is 17.5 Å². The SMILES string of the molecule is CCCOc1ccccc1/C=C/C(=O)Nc1cc(F)ccc1F. The van der Waals surface area contributed by atoms with E-state index in [9.17, 15) is 13.6 Å². The standard InChI is InChI=1S/C18H17F2NO2/c1-2-11-23-17-6-4-3-5-13(17)7-10-18(22)21-16-12-14(19)8-9-15(16)20/h3-10,12H,2,11H2,1H3,(H,21,22)/b10-7+. The summed E-state index contributed by atoms with van der Waals surface area (Å²) >= 11 is 0. The molecule has 23 heavy (non-hydrogen) atoms. The normalized spacial score (nSPS) is 10.7. The van der Waals surface area contributed by atoms with Crippen molar-refractivity contribution in [2.24, 2.45) is 0 Å². The predicted octanol–water partition coefficient (Wildman–Crippen LogP) is 4.41. The Hall–Kier alpha value is -2.69. The second kappa shape index (κ2) is 8.08. The van der Waals surface area contributed by atoms with Crippen molar-refractivity contribution in [3.05, 3.63) is 65.7 Å². The Kier molecular flexibility index (Phi) is 5.86. The molecule has 0 saturated heterocycles. The fourth-order valence-corrected chi connectivity index (χ4v) is 1.89. The molecule has 0 aliphatic carbocycles. The average molecular weight is 317 g/mol. The van der Waals surface area contributed by atoms with Gasteiger partial charge in [-0.15, -0.1) is 0 Å². The summed E-state index contributed by atoms with van der Waals surface area (Å²) in [6.45, 7) is 2.57. The number of amides is 1. The molecule has 1 amide bonds. The van der Waals surface area contributed by atoms with Crippen molar-refractivity contribution in [2.75, 3.05) is 11.9 Å². The maximum atomic E-state index is 13.5. The molecule has 0 aliphatic rings. The lowest BCUT2D eigenvalue weighted by atomic mass is 10.2. The average Bonchev–Trinajstić information content (AvgIpc) is 2.55. The van der Waals surface area contributed by atoms with Crippen LogP contribution in [0.25, 0.3) is 6.08 Å². The molecule has 0 aliphatic heterocycles. The first-order valence-electron chi connectivity index (χ1n) is 7.26. The van der Waals surface area contributed by atoms with Gasteiger partial charge >= 0.3 is 0 Å². The molecule has 0 spiro atoms. The Morgan fingerprint density at radius 1 is 1.22 bits per heavy atom. The first-order chi connectivity index (χ1) is 11.1. The Morgan fingerprint density at radius 2 is 2.00 bits per heavy atom. The van der Waals surface area contributed by atoms with Gasteiger partial charge in [-0.3, -0.25) is 4.79 Å². The van der Waals surface area contributed by atoms with Gasteiger partial charge < -0.3 is 10.1 Å². The Labute approximate surface area is 133 Å². The van der Waals surface area contributed by atoms with Crippen LogP contribution in [0.3, 0.4) is 0 Å². The summed E-state index contributed by atoms with van der Waals surface area (Å²) in [5.41, 5.74) is 0.533. The zero-order valence-electron chi connectivity index (χ0n) is 12.7. The van der Waals surface area contributed by atoms with E-state index in [1.807, 2.05) is 19.1 Å². The molecular weight excluding hydrogens is 300 g/mol. The van der Waals surface area contributed by atoms with Crippen LogP contribution in [-0.2, 0) is 4.79 Å². The molecule has 0 aromatic heterocycles. The lowest BCUT2D eigenvalue weighted by molar-refractivity contribution is -0.111. The largest absolute Gasteiger partial charge is 0.493 e. The smallest absolute Gasteiger partial charge is 0.248 e. The van der Waals surface area contributed by atoms with Crippen LogP contribution >= 0.6 is 0 Å². The number of benzene rings is 2. The van der Waals surface area contributed by atoms with Gasteiger partial charge in [0, 0.05) is 17.7 Å². The van der Waals surface area contributed by atoms with Gasteiger partial charge in [-0.2, -0.15) is 0 Å². The molecule has 2 rings (SSSR count). The number of carbonyl (C=O) groups excluding carboxylic acids is 1. The zero-order valence-corrected chi connectivity index (χ0v) is 12.7. The number of anilines is 1. The molecule has 3 nitrogen and oxygen atoms in total. The molecule has 120 valence electrons. The van der Waals surface area contributed by atoms with Crippen molar-refractivity contribution < 1.29 is 18.3 Å². The highest BCUT2D eigenvalue weighted by atomic mass is 19.1. The number of hydrogen-bond acceptors (Lipinski definition) is 2. The quantitative estimate of drug-likeness (QED) is 0.802. The van der Waals surface area contributed by atoms with E-state index in [1.54, 1.807) is 18.2 Å². The molecule has 2 aromatic carbocycles. The molecule has 0 bridgehead atoms. The third-order valence-corrected chi connectivity index (χ3v) is 2.98. The van der Waals surface area contributed by atoms with Gasteiger partial charge in [0.25, 0.3) is 0 Å². The molecule has 2 aromatic rings. The second-order valence-electron chi connectivity index (χ2n) is 4.83. The molecule has 0 atom stereocenters. The molecule has 0 fully saturated rings. The van der Waals surface area contributed by atoms with Crippen LogP contribution in [0.2, 0.25) is 0 Å². The Balaban J connectivity index is 2.08. The summed E-state index contributed by atoms with van der Waals surface area (Å²) in [6.07, 6.45) is 3.69. The number of halogens is 2. The first-order valence-corrected chi connectivity index (χ1v) is 7.26.